The molecule has 0 aromatic carbocycles. The summed E-state index contributed by atoms with van der Waals surface area (Å²) in [5.41, 5.74) is 6.11. The predicted octanol–water partition coefficient (Wildman–Crippen LogP) is 0.926. The highest BCUT2D eigenvalue weighted by atomic mass is 16.2. The second-order valence-corrected chi connectivity index (χ2v) is 4.74. The summed E-state index contributed by atoms with van der Waals surface area (Å²) in [6.07, 6.45) is 5.13. The molecule has 21 heavy (non-hydrogen) atoms. The number of aromatic nitrogens is 3. The van der Waals surface area contributed by atoms with Crippen LogP contribution in [0, 0.1) is 0 Å². The Morgan fingerprint density at radius 2 is 2.24 bits per heavy atom. The molecule has 0 saturated carbocycles. The quantitative estimate of drug-likeness (QED) is 0.733. The van der Waals surface area contributed by atoms with Gasteiger partial charge in [-0.1, -0.05) is 19.4 Å². The zero-order chi connectivity index (χ0) is 15.2. The van der Waals surface area contributed by atoms with Crippen LogP contribution in [0.4, 0.5) is 11.5 Å². The largest absolute Gasteiger partial charge is 0.383 e. The number of nitrogens with one attached hydrogen (secondary N) is 2. The molecule has 0 saturated heterocycles. The van der Waals surface area contributed by atoms with E-state index >= 15 is 0 Å². The summed E-state index contributed by atoms with van der Waals surface area (Å²) >= 11 is 0. The maximum absolute atomic E-state index is 11.9. The molecule has 7 heteroatoms. The van der Waals surface area contributed by atoms with Crippen LogP contribution in [0.25, 0.3) is 0 Å². The number of anilines is 2. The number of aromatic amines is 1. The van der Waals surface area contributed by atoms with Crippen LogP contribution in [-0.2, 0) is 13.1 Å². The highest BCUT2D eigenvalue weighted by Crippen LogP contribution is 2.12. The first-order chi connectivity index (χ1) is 10.1. The summed E-state index contributed by atoms with van der Waals surface area (Å²) in [5.74, 6) is 0.168. The van der Waals surface area contributed by atoms with Gasteiger partial charge in [0.1, 0.15) is 11.5 Å². The number of hydrogen-bond acceptors (Lipinski definition) is 5. The third kappa shape index (κ3) is 3.50. The lowest BCUT2D eigenvalue weighted by Crippen LogP contribution is -2.34. The Bertz CT molecular complexity index is 706. The topological polar surface area (TPSA) is 106 Å². The van der Waals surface area contributed by atoms with Gasteiger partial charge in [0.25, 0.3) is 5.56 Å². The van der Waals surface area contributed by atoms with Crippen LogP contribution in [0.1, 0.15) is 25.3 Å². The Balaban J connectivity index is 2.26. The minimum atomic E-state index is -0.505. The fourth-order valence-corrected chi connectivity index (χ4v) is 1.99. The van der Waals surface area contributed by atoms with Crippen LogP contribution in [0.2, 0.25) is 0 Å². The standard InChI is InChI=1S/C14H19N5O2/c1-2-3-7-19-12(15)11(13(20)18-14(19)21)17-9-10-5-4-6-16-8-10/h4-6,8,17H,2-3,7,9,15H2,1H3,(H,18,20,21). The molecule has 0 bridgehead atoms. The molecule has 2 heterocycles. The third-order valence-corrected chi connectivity index (χ3v) is 3.17. The van der Waals surface area contributed by atoms with Gasteiger partial charge in [-0.3, -0.25) is 19.3 Å². The lowest BCUT2D eigenvalue weighted by molar-refractivity contribution is 0.605. The van der Waals surface area contributed by atoms with Crippen LogP contribution in [0.15, 0.2) is 34.1 Å². The van der Waals surface area contributed by atoms with Gasteiger partial charge in [-0.05, 0) is 18.1 Å². The number of H-pyrrole nitrogens is 1. The minimum Gasteiger partial charge on any atom is -0.383 e. The lowest BCUT2D eigenvalue weighted by Gasteiger charge is -2.13. The second kappa shape index (κ2) is 6.74. The molecule has 0 aliphatic carbocycles. The zero-order valence-corrected chi connectivity index (χ0v) is 11.9. The maximum atomic E-state index is 11.9. The molecule has 7 nitrogen and oxygen atoms in total. The van der Waals surface area contributed by atoms with Crippen molar-refractivity contribution in [1.29, 1.82) is 0 Å². The Hall–Kier alpha value is -2.57. The number of rotatable bonds is 6. The molecular formula is C14H19N5O2. The van der Waals surface area contributed by atoms with Crippen molar-refractivity contribution in [3.05, 3.63) is 50.9 Å². The fraction of sp³-hybridized carbons (Fsp3) is 0.357. The third-order valence-electron chi connectivity index (χ3n) is 3.17. The van der Waals surface area contributed by atoms with E-state index in [2.05, 4.69) is 15.3 Å². The van der Waals surface area contributed by atoms with E-state index in [-0.39, 0.29) is 11.5 Å². The van der Waals surface area contributed by atoms with Crippen molar-refractivity contribution in [1.82, 2.24) is 14.5 Å². The second-order valence-electron chi connectivity index (χ2n) is 4.74. The van der Waals surface area contributed by atoms with E-state index in [1.54, 1.807) is 12.4 Å². The molecule has 2 rings (SSSR count). The molecule has 112 valence electrons. The Morgan fingerprint density at radius 1 is 1.43 bits per heavy atom. The van der Waals surface area contributed by atoms with Gasteiger partial charge in [0.05, 0.1) is 0 Å². The van der Waals surface area contributed by atoms with Gasteiger partial charge < -0.3 is 11.1 Å². The number of nitrogens with zero attached hydrogens (tertiary/aromatic N) is 2. The monoisotopic (exact) mass is 289 g/mol. The van der Waals surface area contributed by atoms with E-state index < -0.39 is 11.2 Å². The predicted molar refractivity (Wildman–Crippen MR) is 82.2 cm³/mol. The van der Waals surface area contributed by atoms with E-state index in [1.165, 1.54) is 4.57 Å². The van der Waals surface area contributed by atoms with E-state index in [4.69, 9.17) is 5.73 Å². The van der Waals surface area contributed by atoms with E-state index in [0.29, 0.717) is 13.1 Å². The molecule has 0 atom stereocenters. The molecule has 0 aliphatic heterocycles. The first-order valence-electron chi connectivity index (χ1n) is 6.88. The SMILES string of the molecule is CCCCn1c(N)c(NCc2cccnc2)c(=O)[nH]c1=O. The van der Waals surface area contributed by atoms with Crippen LogP contribution in [0.3, 0.4) is 0 Å². The fourth-order valence-electron chi connectivity index (χ4n) is 1.99. The lowest BCUT2D eigenvalue weighted by atomic mass is 10.3. The highest BCUT2D eigenvalue weighted by Gasteiger charge is 2.11. The number of nitrogen functional groups attached to an aromatic ring is 1. The number of pyridine rings is 1. The summed E-state index contributed by atoms with van der Waals surface area (Å²) in [7, 11) is 0. The highest BCUT2D eigenvalue weighted by molar-refractivity contribution is 5.60. The van der Waals surface area contributed by atoms with E-state index in [0.717, 1.165) is 18.4 Å². The van der Waals surface area contributed by atoms with Crippen molar-refractivity contribution >= 4 is 11.5 Å². The average molecular weight is 289 g/mol. The molecule has 0 amide bonds. The van der Waals surface area contributed by atoms with E-state index in [9.17, 15) is 9.59 Å². The number of hydrogen-bond donors (Lipinski definition) is 3. The summed E-state index contributed by atoms with van der Waals surface area (Å²) in [6, 6.07) is 3.70. The maximum Gasteiger partial charge on any atom is 0.330 e. The van der Waals surface area contributed by atoms with Crippen molar-refractivity contribution in [2.45, 2.75) is 32.9 Å². The molecule has 0 aliphatic rings. The molecule has 2 aromatic rings. The molecular weight excluding hydrogens is 270 g/mol. The Kier molecular flexibility index (Phi) is 4.76. The molecule has 0 radical (unpaired) electrons. The molecule has 0 spiro atoms. The van der Waals surface area contributed by atoms with E-state index in [1.807, 2.05) is 19.1 Å². The van der Waals surface area contributed by atoms with Gasteiger partial charge >= 0.3 is 5.69 Å². The smallest absolute Gasteiger partial charge is 0.330 e. The van der Waals surface area contributed by atoms with Gasteiger partial charge in [-0.2, -0.15) is 0 Å². The van der Waals surface area contributed by atoms with Crippen molar-refractivity contribution in [2.24, 2.45) is 0 Å². The summed E-state index contributed by atoms with van der Waals surface area (Å²) in [4.78, 5) is 30.0. The molecule has 0 fully saturated rings. The van der Waals surface area contributed by atoms with Crippen LogP contribution in [0.5, 0.6) is 0 Å². The van der Waals surface area contributed by atoms with Gasteiger partial charge in [-0.15, -0.1) is 0 Å². The summed E-state index contributed by atoms with van der Waals surface area (Å²) in [5, 5.41) is 2.97. The van der Waals surface area contributed by atoms with Crippen molar-refractivity contribution < 1.29 is 0 Å². The Labute approximate surface area is 121 Å². The van der Waals surface area contributed by atoms with Gasteiger partial charge in [0.15, 0.2) is 0 Å². The van der Waals surface area contributed by atoms with Gasteiger partial charge in [-0.25, -0.2) is 4.79 Å². The van der Waals surface area contributed by atoms with Gasteiger partial charge in [0.2, 0.25) is 0 Å². The minimum absolute atomic E-state index is 0.168. The van der Waals surface area contributed by atoms with Crippen molar-refractivity contribution in [3.8, 4) is 0 Å². The number of unbranched alkanes of at least 4 members (excludes halogenated alkanes) is 1. The van der Waals surface area contributed by atoms with Crippen molar-refractivity contribution in [2.75, 3.05) is 11.1 Å². The normalized spacial score (nSPS) is 10.5. The van der Waals surface area contributed by atoms with Crippen LogP contribution in [-0.4, -0.2) is 14.5 Å². The molecule has 4 N–H and O–H groups in total. The van der Waals surface area contributed by atoms with Gasteiger partial charge in [0, 0.05) is 25.5 Å². The average Bonchev–Trinajstić information content (AvgIpc) is 2.47. The number of nitrogens with two attached hydrogens (primary N) is 1. The zero-order valence-electron chi connectivity index (χ0n) is 11.9. The molecule has 0 unspecified atom stereocenters. The van der Waals surface area contributed by atoms with Crippen LogP contribution >= 0.6 is 0 Å². The first-order valence-corrected chi connectivity index (χ1v) is 6.88. The Morgan fingerprint density at radius 3 is 2.90 bits per heavy atom. The first kappa shape index (κ1) is 14.8. The van der Waals surface area contributed by atoms with Crippen LogP contribution < -0.4 is 22.3 Å². The molecule has 2 aromatic heterocycles. The summed E-state index contributed by atoms with van der Waals surface area (Å²) in [6.45, 7) is 2.92. The summed E-state index contributed by atoms with van der Waals surface area (Å²) < 4.78 is 1.39. The van der Waals surface area contributed by atoms with Crippen molar-refractivity contribution in [3.63, 3.8) is 0 Å².